The lowest BCUT2D eigenvalue weighted by atomic mass is 10.1. The van der Waals surface area contributed by atoms with Gasteiger partial charge in [0.15, 0.2) is 6.10 Å². The number of esters is 3. The monoisotopic (exact) mass is 1020 g/mol. The van der Waals surface area contributed by atoms with Gasteiger partial charge in [-0.3, -0.25) is 14.4 Å². The van der Waals surface area contributed by atoms with Gasteiger partial charge in [0.25, 0.3) is 0 Å². The van der Waals surface area contributed by atoms with E-state index < -0.39 is 6.10 Å². The van der Waals surface area contributed by atoms with Gasteiger partial charge >= 0.3 is 17.9 Å². The molecule has 0 aromatic heterocycles. The van der Waals surface area contributed by atoms with Gasteiger partial charge in [-0.25, -0.2) is 0 Å². The van der Waals surface area contributed by atoms with Crippen LogP contribution in [0.1, 0.15) is 271 Å². The number of carbonyl (C=O) groups excluding carboxylic acids is 3. The molecule has 6 heteroatoms. The largest absolute Gasteiger partial charge is 0.462 e. The Morgan fingerprint density at radius 1 is 0.284 bits per heavy atom. The zero-order valence-corrected chi connectivity index (χ0v) is 48.1. The zero-order valence-electron chi connectivity index (χ0n) is 48.1. The molecule has 1 atom stereocenters. The molecule has 0 radical (unpaired) electrons. The molecule has 0 aliphatic rings. The second-order valence-corrected chi connectivity index (χ2v) is 19.8. The lowest BCUT2D eigenvalue weighted by Gasteiger charge is -2.18. The third-order valence-corrected chi connectivity index (χ3v) is 12.7. The van der Waals surface area contributed by atoms with Gasteiger partial charge in [0.05, 0.1) is 0 Å². The van der Waals surface area contributed by atoms with Crippen LogP contribution < -0.4 is 0 Å². The van der Waals surface area contributed by atoms with Crippen LogP contribution in [0.4, 0.5) is 0 Å². The molecule has 1 unspecified atom stereocenters. The molecular weight excluding hydrogens is 913 g/mol. The van der Waals surface area contributed by atoms with E-state index in [2.05, 4.69) is 142 Å². The molecule has 0 amide bonds. The maximum Gasteiger partial charge on any atom is 0.306 e. The fourth-order valence-corrected chi connectivity index (χ4v) is 8.16. The van der Waals surface area contributed by atoms with E-state index in [9.17, 15) is 14.4 Å². The Hall–Kier alpha value is -4.19. The van der Waals surface area contributed by atoms with Gasteiger partial charge in [0.2, 0.25) is 0 Å². The predicted octanol–water partition coefficient (Wildman–Crippen LogP) is 20.8. The first-order valence-corrected chi connectivity index (χ1v) is 30.5. The maximum atomic E-state index is 12.9. The topological polar surface area (TPSA) is 78.9 Å². The van der Waals surface area contributed by atoms with E-state index in [1.807, 2.05) is 0 Å². The van der Waals surface area contributed by atoms with Crippen molar-refractivity contribution >= 4 is 17.9 Å². The van der Waals surface area contributed by atoms with Gasteiger partial charge in [0, 0.05) is 19.3 Å². The summed E-state index contributed by atoms with van der Waals surface area (Å²) in [5.41, 5.74) is 0. The third-order valence-electron chi connectivity index (χ3n) is 12.7. The van der Waals surface area contributed by atoms with Gasteiger partial charge in [-0.1, -0.05) is 245 Å². The number of carbonyl (C=O) groups is 3. The summed E-state index contributed by atoms with van der Waals surface area (Å²) in [5, 5.41) is 0. The van der Waals surface area contributed by atoms with E-state index >= 15 is 0 Å². The molecule has 0 bridgehead atoms. The predicted molar refractivity (Wildman–Crippen MR) is 320 cm³/mol. The zero-order chi connectivity index (χ0) is 53.6. The van der Waals surface area contributed by atoms with E-state index in [0.717, 1.165) is 148 Å². The van der Waals surface area contributed by atoms with Crippen LogP contribution in [0.2, 0.25) is 0 Å². The summed E-state index contributed by atoms with van der Waals surface area (Å²) in [6, 6.07) is 0. The quantitative estimate of drug-likeness (QED) is 0.0261. The first kappa shape index (κ1) is 69.8. The Morgan fingerprint density at radius 3 is 0.838 bits per heavy atom. The lowest BCUT2D eigenvalue weighted by molar-refractivity contribution is -0.167. The minimum atomic E-state index is -0.804. The molecule has 0 aliphatic heterocycles. The van der Waals surface area contributed by atoms with Crippen molar-refractivity contribution in [1.82, 2.24) is 0 Å². The Balaban J connectivity index is 4.48. The Morgan fingerprint density at radius 2 is 0.527 bits per heavy atom. The van der Waals surface area contributed by atoms with E-state index in [4.69, 9.17) is 14.2 Å². The van der Waals surface area contributed by atoms with Crippen molar-refractivity contribution < 1.29 is 28.6 Å². The SMILES string of the molecule is CC/C=C\C/C=C\C/C=C\C/C=C\C/C=C\CCCCCCCC(=O)OCC(COC(=O)CCCCCC/C=C\C/C=C\C/C=C\C/C=C\CC)OC(=O)CCCCCCCCC/C=C\CCCCCCCCC. The number of hydrogen-bond acceptors (Lipinski definition) is 6. The van der Waals surface area contributed by atoms with E-state index in [-0.39, 0.29) is 31.1 Å². The van der Waals surface area contributed by atoms with E-state index in [1.54, 1.807) is 0 Å². The van der Waals surface area contributed by atoms with Crippen molar-refractivity contribution in [3.05, 3.63) is 122 Å². The van der Waals surface area contributed by atoms with Crippen LogP contribution in [0, 0.1) is 0 Å². The minimum absolute atomic E-state index is 0.100. The van der Waals surface area contributed by atoms with Crippen molar-refractivity contribution in [3.63, 3.8) is 0 Å². The number of ether oxygens (including phenoxy) is 3. The fourth-order valence-electron chi connectivity index (χ4n) is 8.16. The van der Waals surface area contributed by atoms with Gasteiger partial charge in [-0.15, -0.1) is 0 Å². The number of allylic oxidation sites excluding steroid dienone is 20. The standard InChI is InChI=1S/C68H112O6/c1-4-7-10-13-16-19-22-25-28-31-33-34-35-38-40-43-46-49-52-55-58-61-67(70)73-64-65(63-72-66(69)60-57-54-51-48-45-42-39-36-30-27-24-21-18-15-12-9-6-3)74-68(71)62-59-56-53-50-47-44-41-37-32-29-26-23-20-17-14-11-8-5-2/h7,9-10,12,16,18-19,21,25,27-30,32-34,38-40,42,65H,4-6,8,11,13-15,17,20,22-24,26,31,35-37,41,43-64H2,1-3H3/b10-7-,12-9-,19-16-,21-18-,28-25-,30-27-,32-29-,34-33-,40-38-,42-39-. The number of rotatable bonds is 54. The van der Waals surface area contributed by atoms with Crippen molar-refractivity contribution in [1.29, 1.82) is 0 Å². The molecule has 0 N–H and O–H groups in total. The van der Waals surface area contributed by atoms with Gasteiger partial charge in [-0.2, -0.15) is 0 Å². The Kier molecular flexibility index (Phi) is 57.9. The van der Waals surface area contributed by atoms with Gasteiger partial charge < -0.3 is 14.2 Å². The van der Waals surface area contributed by atoms with Crippen molar-refractivity contribution in [2.24, 2.45) is 0 Å². The minimum Gasteiger partial charge on any atom is -0.462 e. The van der Waals surface area contributed by atoms with E-state index in [1.165, 1.54) is 83.5 Å². The average Bonchev–Trinajstić information content (AvgIpc) is 3.40. The molecule has 74 heavy (non-hydrogen) atoms. The van der Waals surface area contributed by atoms with Crippen molar-refractivity contribution in [2.45, 2.75) is 277 Å². The molecule has 0 aromatic rings. The second kappa shape index (κ2) is 61.4. The van der Waals surface area contributed by atoms with Crippen LogP contribution in [-0.2, 0) is 28.6 Å². The molecular formula is C68H112O6. The lowest BCUT2D eigenvalue weighted by Crippen LogP contribution is -2.30. The normalized spacial score (nSPS) is 13.0. The summed E-state index contributed by atoms with van der Waals surface area (Å²) in [7, 11) is 0. The Labute approximate surface area is 456 Å². The summed E-state index contributed by atoms with van der Waals surface area (Å²) >= 11 is 0. The van der Waals surface area contributed by atoms with Crippen LogP contribution in [0.15, 0.2) is 122 Å². The van der Waals surface area contributed by atoms with Crippen LogP contribution >= 0.6 is 0 Å². The highest BCUT2D eigenvalue weighted by atomic mass is 16.6. The Bertz CT molecular complexity index is 1550. The van der Waals surface area contributed by atoms with Crippen molar-refractivity contribution in [3.8, 4) is 0 Å². The molecule has 0 rings (SSSR count). The highest BCUT2D eigenvalue weighted by Crippen LogP contribution is 2.14. The van der Waals surface area contributed by atoms with Crippen LogP contribution in [0.5, 0.6) is 0 Å². The van der Waals surface area contributed by atoms with Crippen LogP contribution in [0.25, 0.3) is 0 Å². The molecule has 0 saturated heterocycles. The highest BCUT2D eigenvalue weighted by molar-refractivity contribution is 5.71. The fraction of sp³-hybridized carbons (Fsp3) is 0.662. The molecule has 0 heterocycles. The molecule has 0 fully saturated rings. The summed E-state index contributed by atoms with van der Waals surface area (Å²) in [6.45, 7) is 6.38. The van der Waals surface area contributed by atoms with E-state index in [0.29, 0.717) is 19.3 Å². The molecule has 0 spiro atoms. The molecule has 6 nitrogen and oxygen atoms in total. The summed E-state index contributed by atoms with van der Waals surface area (Å²) in [5.74, 6) is -0.943. The highest BCUT2D eigenvalue weighted by Gasteiger charge is 2.19. The van der Waals surface area contributed by atoms with Crippen LogP contribution in [-0.4, -0.2) is 37.2 Å². The second-order valence-electron chi connectivity index (χ2n) is 19.8. The third kappa shape index (κ3) is 58.7. The first-order valence-electron chi connectivity index (χ1n) is 30.5. The average molecular weight is 1030 g/mol. The molecule has 0 saturated carbocycles. The molecule has 420 valence electrons. The first-order chi connectivity index (χ1) is 36.5. The summed E-state index contributed by atoms with van der Waals surface area (Å²) < 4.78 is 16.9. The van der Waals surface area contributed by atoms with Gasteiger partial charge in [0.1, 0.15) is 13.2 Å². The molecule has 0 aliphatic carbocycles. The summed E-state index contributed by atoms with van der Waals surface area (Å²) in [4.78, 5) is 38.3. The smallest absolute Gasteiger partial charge is 0.306 e. The number of unbranched alkanes of at least 4 members (excludes halogenated alkanes) is 23. The van der Waals surface area contributed by atoms with Crippen LogP contribution in [0.3, 0.4) is 0 Å². The van der Waals surface area contributed by atoms with Gasteiger partial charge in [-0.05, 0) is 128 Å². The maximum absolute atomic E-state index is 12.9. The molecule has 0 aromatic carbocycles. The van der Waals surface area contributed by atoms with Crippen molar-refractivity contribution in [2.75, 3.05) is 13.2 Å². The summed E-state index contributed by atoms with van der Waals surface area (Å²) in [6.07, 6.45) is 84.7. The number of hydrogen-bond donors (Lipinski definition) is 0.